The first-order chi connectivity index (χ1) is 5.74. The predicted molar refractivity (Wildman–Crippen MR) is 38.2 cm³/mol. The van der Waals surface area contributed by atoms with Gasteiger partial charge in [-0.25, -0.2) is 0 Å². The van der Waals surface area contributed by atoms with Gasteiger partial charge in [0.25, 0.3) is 0 Å². The van der Waals surface area contributed by atoms with Crippen LogP contribution in [0, 0.1) is 5.92 Å². The number of carbonyl (C=O) groups excluding carboxylic acids is 1. The van der Waals surface area contributed by atoms with E-state index in [1.54, 1.807) is 0 Å². The molecule has 0 bridgehead atoms. The fraction of sp³-hybridized carbons (Fsp3) is 0.857. The molecule has 0 spiro atoms. The summed E-state index contributed by atoms with van der Waals surface area (Å²) in [4.78, 5) is 11.0. The van der Waals surface area contributed by atoms with Crippen molar-refractivity contribution < 1.29 is 19.4 Å². The van der Waals surface area contributed by atoms with Crippen LogP contribution in [0.2, 0.25) is 0 Å². The van der Waals surface area contributed by atoms with Gasteiger partial charge in [0.15, 0.2) is 6.29 Å². The summed E-state index contributed by atoms with van der Waals surface area (Å²) in [5.41, 5.74) is 0. The van der Waals surface area contributed by atoms with Crippen molar-refractivity contribution in [3.8, 4) is 0 Å². The molecule has 1 amide bonds. The molecule has 2 rings (SSSR count). The van der Waals surface area contributed by atoms with Gasteiger partial charge in [0, 0.05) is 7.11 Å². The molecule has 0 saturated carbocycles. The monoisotopic (exact) mass is 173 g/mol. The molecule has 2 saturated heterocycles. The zero-order chi connectivity index (χ0) is 8.72. The van der Waals surface area contributed by atoms with Gasteiger partial charge in [0.2, 0.25) is 5.91 Å². The molecule has 0 aliphatic carbocycles. The maximum atomic E-state index is 11.0. The van der Waals surface area contributed by atoms with Crippen molar-refractivity contribution in [1.29, 1.82) is 0 Å². The second-order valence-electron chi connectivity index (χ2n) is 3.06. The number of carbonyl (C=O) groups is 1. The molecule has 0 aromatic rings. The maximum Gasteiger partial charge on any atom is 0.230 e. The second-order valence-corrected chi connectivity index (χ2v) is 3.06. The number of ether oxygens (including phenoxy) is 2. The van der Waals surface area contributed by atoms with Crippen molar-refractivity contribution in [2.75, 3.05) is 13.7 Å². The standard InChI is InChI=1S/C7H11NO4/c1-11-7-4-5(8-6(4)10)3(9)2-12-7/h3-5,7,9H,2H2,1H3,(H,8,10)/t3-,4+,5-,7-/m1/s1. The first-order valence-corrected chi connectivity index (χ1v) is 3.87. The smallest absolute Gasteiger partial charge is 0.230 e. The molecule has 0 aromatic carbocycles. The van der Waals surface area contributed by atoms with E-state index in [1.165, 1.54) is 7.11 Å². The van der Waals surface area contributed by atoms with Crippen LogP contribution in [0.25, 0.3) is 0 Å². The van der Waals surface area contributed by atoms with E-state index < -0.39 is 12.4 Å². The van der Waals surface area contributed by atoms with Gasteiger partial charge in [-0.15, -0.1) is 0 Å². The number of methoxy groups -OCH3 is 1. The Kier molecular flexibility index (Phi) is 1.79. The van der Waals surface area contributed by atoms with Gasteiger partial charge in [-0.1, -0.05) is 0 Å². The molecule has 2 aliphatic rings. The summed E-state index contributed by atoms with van der Waals surface area (Å²) in [5, 5.41) is 11.9. The minimum Gasteiger partial charge on any atom is -0.389 e. The highest BCUT2D eigenvalue weighted by Crippen LogP contribution is 2.28. The summed E-state index contributed by atoms with van der Waals surface area (Å²) in [5.74, 6) is -0.440. The molecule has 0 radical (unpaired) electrons. The molecule has 4 atom stereocenters. The number of rotatable bonds is 1. The van der Waals surface area contributed by atoms with Gasteiger partial charge in [0.1, 0.15) is 5.92 Å². The molecule has 0 unspecified atom stereocenters. The van der Waals surface area contributed by atoms with Gasteiger partial charge in [-0.05, 0) is 0 Å². The number of fused-ring (bicyclic) bond motifs is 1. The van der Waals surface area contributed by atoms with Gasteiger partial charge in [0.05, 0.1) is 18.8 Å². The van der Waals surface area contributed by atoms with Crippen molar-refractivity contribution in [3.05, 3.63) is 0 Å². The molecule has 2 aliphatic heterocycles. The van der Waals surface area contributed by atoms with Crippen LogP contribution in [-0.4, -0.2) is 43.2 Å². The van der Waals surface area contributed by atoms with Crippen molar-refractivity contribution in [2.24, 2.45) is 5.92 Å². The first-order valence-electron chi connectivity index (χ1n) is 3.87. The fourth-order valence-electron chi connectivity index (χ4n) is 1.66. The summed E-state index contributed by atoms with van der Waals surface area (Å²) >= 11 is 0. The molecular formula is C7H11NO4. The number of aliphatic hydroxyl groups excluding tert-OH is 1. The topological polar surface area (TPSA) is 67.8 Å². The van der Waals surface area contributed by atoms with Gasteiger partial charge < -0.3 is 19.9 Å². The minimum atomic E-state index is -0.598. The van der Waals surface area contributed by atoms with Crippen LogP contribution >= 0.6 is 0 Å². The van der Waals surface area contributed by atoms with E-state index in [4.69, 9.17) is 9.47 Å². The Morgan fingerprint density at radius 2 is 2.50 bits per heavy atom. The Labute approximate surface area is 69.6 Å². The molecule has 12 heavy (non-hydrogen) atoms. The Morgan fingerprint density at radius 1 is 1.75 bits per heavy atom. The van der Waals surface area contributed by atoms with Crippen LogP contribution in [0.5, 0.6) is 0 Å². The predicted octanol–water partition coefficient (Wildman–Crippen LogP) is -1.54. The second kappa shape index (κ2) is 2.69. The lowest BCUT2D eigenvalue weighted by atomic mass is 9.84. The van der Waals surface area contributed by atoms with E-state index >= 15 is 0 Å². The third-order valence-corrected chi connectivity index (χ3v) is 2.37. The van der Waals surface area contributed by atoms with E-state index in [0.717, 1.165) is 0 Å². The normalized spacial score (nSPS) is 46.0. The highest BCUT2D eigenvalue weighted by Gasteiger charge is 2.52. The summed E-state index contributed by atoms with van der Waals surface area (Å²) in [6, 6.07) is -0.184. The third kappa shape index (κ3) is 0.939. The highest BCUT2D eigenvalue weighted by molar-refractivity contribution is 5.86. The Bertz CT molecular complexity index is 206. The lowest BCUT2D eigenvalue weighted by Gasteiger charge is -2.46. The van der Waals surface area contributed by atoms with Crippen LogP contribution in [0.15, 0.2) is 0 Å². The van der Waals surface area contributed by atoms with E-state index in [0.29, 0.717) is 0 Å². The number of hydrogen-bond acceptors (Lipinski definition) is 4. The molecule has 5 heteroatoms. The lowest BCUT2D eigenvalue weighted by molar-refractivity contribution is -0.231. The Balaban J connectivity index is 2.08. The number of hydrogen-bond donors (Lipinski definition) is 2. The van der Waals surface area contributed by atoms with Crippen LogP contribution in [0.4, 0.5) is 0 Å². The van der Waals surface area contributed by atoms with Crippen LogP contribution < -0.4 is 5.32 Å². The fourth-order valence-corrected chi connectivity index (χ4v) is 1.66. The summed E-state index contributed by atoms with van der Waals surface area (Å²) < 4.78 is 10.1. The molecule has 2 heterocycles. The largest absolute Gasteiger partial charge is 0.389 e. The zero-order valence-electron chi connectivity index (χ0n) is 6.69. The number of amides is 1. The molecule has 68 valence electrons. The molecule has 0 aromatic heterocycles. The van der Waals surface area contributed by atoms with E-state index in [1.807, 2.05) is 0 Å². The van der Waals surface area contributed by atoms with Crippen LogP contribution in [0.3, 0.4) is 0 Å². The summed E-state index contributed by atoms with van der Waals surface area (Å²) in [6.07, 6.45) is -1.09. The highest BCUT2D eigenvalue weighted by atomic mass is 16.7. The summed E-state index contributed by atoms with van der Waals surface area (Å²) in [6.45, 7) is 0.222. The third-order valence-electron chi connectivity index (χ3n) is 2.37. The van der Waals surface area contributed by atoms with Crippen molar-refractivity contribution in [2.45, 2.75) is 18.4 Å². The van der Waals surface area contributed by atoms with E-state index in [2.05, 4.69) is 5.32 Å². The average Bonchev–Trinajstić information content (AvgIpc) is 2.06. The maximum absolute atomic E-state index is 11.0. The zero-order valence-corrected chi connectivity index (χ0v) is 6.69. The van der Waals surface area contributed by atoms with Crippen molar-refractivity contribution in [1.82, 2.24) is 5.32 Å². The summed E-state index contributed by atoms with van der Waals surface area (Å²) in [7, 11) is 1.49. The quantitative estimate of drug-likeness (QED) is 0.472. The van der Waals surface area contributed by atoms with Crippen molar-refractivity contribution >= 4 is 5.91 Å². The Morgan fingerprint density at radius 3 is 3.08 bits per heavy atom. The average molecular weight is 173 g/mol. The van der Waals surface area contributed by atoms with Crippen molar-refractivity contribution in [3.63, 3.8) is 0 Å². The number of aliphatic hydroxyl groups is 1. The van der Waals surface area contributed by atoms with E-state index in [-0.39, 0.29) is 24.5 Å². The molecule has 2 N–H and O–H groups in total. The lowest BCUT2D eigenvalue weighted by Crippen LogP contribution is -2.71. The van der Waals surface area contributed by atoms with Gasteiger partial charge in [-0.3, -0.25) is 4.79 Å². The Hall–Kier alpha value is -0.650. The van der Waals surface area contributed by atoms with Crippen LogP contribution in [-0.2, 0) is 14.3 Å². The van der Waals surface area contributed by atoms with Gasteiger partial charge in [-0.2, -0.15) is 0 Å². The van der Waals surface area contributed by atoms with E-state index in [9.17, 15) is 9.90 Å². The number of β-lactam (4-membered cyclic amide) rings is 1. The first kappa shape index (κ1) is 7.97. The minimum absolute atomic E-state index is 0.106. The number of nitrogens with one attached hydrogen (secondary N) is 1. The molecule has 2 fully saturated rings. The molecule has 5 nitrogen and oxygen atoms in total. The SMILES string of the molecule is CO[C@@H]1OC[C@@H](O)[C@H]2NC(=O)[C@@H]12. The molecular weight excluding hydrogens is 162 g/mol. The van der Waals surface area contributed by atoms with Gasteiger partial charge >= 0.3 is 0 Å². The van der Waals surface area contributed by atoms with Crippen LogP contribution in [0.1, 0.15) is 0 Å².